The zero-order valence-corrected chi connectivity index (χ0v) is 17.6. The summed E-state index contributed by atoms with van der Waals surface area (Å²) in [5.74, 6) is 0.730. The maximum absolute atomic E-state index is 12.6. The molecule has 1 fully saturated rings. The van der Waals surface area contributed by atoms with Crippen LogP contribution in [-0.4, -0.2) is 56.0 Å². The van der Waals surface area contributed by atoms with Crippen molar-refractivity contribution in [1.29, 1.82) is 0 Å². The second-order valence-corrected chi connectivity index (χ2v) is 7.94. The van der Waals surface area contributed by atoms with Crippen LogP contribution >= 0.6 is 22.9 Å². The molecular weight excluding hydrogens is 394 g/mol. The molecule has 0 aliphatic carbocycles. The number of benzene rings is 1. The Morgan fingerprint density at radius 3 is 2.54 bits per heavy atom. The van der Waals surface area contributed by atoms with Gasteiger partial charge < -0.3 is 20.4 Å². The maximum atomic E-state index is 12.6. The van der Waals surface area contributed by atoms with E-state index in [0.717, 1.165) is 30.3 Å². The fourth-order valence-corrected chi connectivity index (χ4v) is 3.81. The molecule has 0 spiro atoms. The van der Waals surface area contributed by atoms with Crippen LogP contribution in [0.5, 0.6) is 0 Å². The lowest BCUT2D eigenvalue weighted by atomic mass is 10.2. The smallest absolute Gasteiger partial charge is 0.244 e. The van der Waals surface area contributed by atoms with E-state index < -0.39 is 0 Å². The first-order valence-corrected chi connectivity index (χ1v) is 10.7. The minimum atomic E-state index is 0.0593. The van der Waals surface area contributed by atoms with E-state index in [-0.39, 0.29) is 12.5 Å². The lowest BCUT2D eigenvalue weighted by Gasteiger charge is -2.36. The topological polar surface area (TPSA) is 60.0 Å². The summed E-state index contributed by atoms with van der Waals surface area (Å²) < 4.78 is 0. The highest BCUT2D eigenvalue weighted by atomic mass is 35.5. The summed E-state index contributed by atoms with van der Waals surface area (Å²) in [5.41, 5.74) is 1.14. The van der Waals surface area contributed by atoms with Gasteiger partial charge in [0.2, 0.25) is 5.91 Å². The van der Waals surface area contributed by atoms with Gasteiger partial charge in [-0.1, -0.05) is 17.7 Å². The highest BCUT2D eigenvalue weighted by molar-refractivity contribution is 7.09. The second kappa shape index (κ2) is 10.3. The molecule has 2 heterocycles. The van der Waals surface area contributed by atoms with Crippen molar-refractivity contribution in [3.8, 4) is 0 Å². The molecule has 8 heteroatoms. The Hall–Kier alpha value is -2.25. The largest absolute Gasteiger partial charge is 0.368 e. The van der Waals surface area contributed by atoms with Gasteiger partial charge in [0.15, 0.2) is 5.96 Å². The van der Waals surface area contributed by atoms with Crippen molar-refractivity contribution in [1.82, 2.24) is 15.5 Å². The third-order valence-corrected chi connectivity index (χ3v) is 5.68. The van der Waals surface area contributed by atoms with Gasteiger partial charge in [-0.15, -0.1) is 11.3 Å². The molecule has 0 unspecified atom stereocenters. The van der Waals surface area contributed by atoms with Gasteiger partial charge in [0.05, 0.1) is 6.54 Å². The van der Waals surface area contributed by atoms with E-state index in [1.165, 1.54) is 4.88 Å². The van der Waals surface area contributed by atoms with Gasteiger partial charge in [0.25, 0.3) is 0 Å². The number of thiophene rings is 1. The van der Waals surface area contributed by atoms with E-state index in [2.05, 4.69) is 26.6 Å². The van der Waals surface area contributed by atoms with Crippen molar-refractivity contribution >= 4 is 40.5 Å². The molecule has 1 aliphatic rings. The lowest BCUT2D eigenvalue weighted by Crippen LogP contribution is -2.49. The number of aliphatic imine (C=N–C) groups is 1. The molecule has 6 nitrogen and oxygen atoms in total. The zero-order valence-electron chi connectivity index (χ0n) is 16.0. The van der Waals surface area contributed by atoms with Gasteiger partial charge in [-0.25, -0.2) is 4.99 Å². The first kappa shape index (κ1) is 20.5. The van der Waals surface area contributed by atoms with Crippen LogP contribution in [0, 0.1) is 0 Å². The fourth-order valence-electron chi connectivity index (χ4n) is 3.04. The summed E-state index contributed by atoms with van der Waals surface area (Å²) >= 11 is 7.65. The molecule has 2 aromatic rings. The van der Waals surface area contributed by atoms with Crippen molar-refractivity contribution in [2.24, 2.45) is 4.99 Å². The van der Waals surface area contributed by atoms with Crippen molar-refractivity contribution in [3.05, 3.63) is 51.7 Å². The van der Waals surface area contributed by atoms with E-state index in [4.69, 9.17) is 11.6 Å². The number of hydrogen-bond acceptors (Lipinski definition) is 4. The van der Waals surface area contributed by atoms with Crippen LogP contribution in [0.25, 0.3) is 0 Å². The number of nitrogens with one attached hydrogen (secondary N) is 2. The maximum Gasteiger partial charge on any atom is 0.244 e. The predicted octanol–water partition coefficient (Wildman–Crippen LogP) is 2.81. The standard InChI is InChI=1S/C20H26ClN5OS/c1-2-22-20(23-14-18-4-3-13-28-18)24-15-19(27)26-11-9-25(10-12-26)17-7-5-16(21)6-8-17/h3-8,13H,2,9-12,14-15H2,1H3,(H2,22,23,24). The van der Waals surface area contributed by atoms with E-state index in [1.54, 1.807) is 11.3 Å². The van der Waals surface area contributed by atoms with Gasteiger partial charge in [0, 0.05) is 48.3 Å². The highest BCUT2D eigenvalue weighted by Gasteiger charge is 2.21. The van der Waals surface area contributed by atoms with Crippen molar-refractivity contribution < 1.29 is 4.79 Å². The average Bonchev–Trinajstić information content (AvgIpc) is 3.24. The summed E-state index contributed by atoms with van der Waals surface area (Å²) in [6.07, 6.45) is 0. The van der Waals surface area contributed by atoms with Gasteiger partial charge in [0.1, 0.15) is 6.54 Å². The molecule has 28 heavy (non-hydrogen) atoms. The second-order valence-electron chi connectivity index (χ2n) is 6.47. The van der Waals surface area contributed by atoms with E-state index in [1.807, 2.05) is 47.5 Å². The average molecular weight is 420 g/mol. The quantitative estimate of drug-likeness (QED) is 0.558. The number of guanidine groups is 1. The van der Waals surface area contributed by atoms with Crippen LogP contribution in [-0.2, 0) is 11.3 Å². The van der Waals surface area contributed by atoms with Gasteiger partial charge in [-0.3, -0.25) is 4.79 Å². The van der Waals surface area contributed by atoms with E-state index >= 15 is 0 Å². The number of carbonyl (C=O) groups is 1. The number of amides is 1. The number of halogens is 1. The molecule has 0 atom stereocenters. The van der Waals surface area contributed by atoms with Crippen LogP contribution in [0.3, 0.4) is 0 Å². The molecule has 1 aliphatic heterocycles. The molecule has 1 saturated heterocycles. The molecule has 2 N–H and O–H groups in total. The van der Waals surface area contributed by atoms with Crippen LogP contribution in [0.2, 0.25) is 5.02 Å². The van der Waals surface area contributed by atoms with E-state index in [9.17, 15) is 4.79 Å². The van der Waals surface area contributed by atoms with Crippen molar-refractivity contribution in [2.75, 3.05) is 44.2 Å². The summed E-state index contributed by atoms with van der Waals surface area (Å²) in [4.78, 5) is 22.4. The summed E-state index contributed by atoms with van der Waals surface area (Å²) in [7, 11) is 0. The Balaban J connectivity index is 1.48. The van der Waals surface area contributed by atoms with Crippen molar-refractivity contribution in [3.63, 3.8) is 0 Å². The number of rotatable bonds is 6. The molecule has 150 valence electrons. The third kappa shape index (κ3) is 5.87. The number of carbonyl (C=O) groups excluding carboxylic acids is 1. The first-order valence-electron chi connectivity index (χ1n) is 9.48. The van der Waals surface area contributed by atoms with Gasteiger partial charge in [-0.05, 0) is 42.6 Å². The molecule has 1 amide bonds. The van der Waals surface area contributed by atoms with Gasteiger partial charge in [-0.2, -0.15) is 0 Å². The van der Waals surface area contributed by atoms with Gasteiger partial charge >= 0.3 is 0 Å². The molecule has 0 bridgehead atoms. The fraction of sp³-hybridized carbons (Fsp3) is 0.400. The monoisotopic (exact) mass is 419 g/mol. The van der Waals surface area contributed by atoms with E-state index in [0.29, 0.717) is 25.6 Å². The van der Waals surface area contributed by atoms with Crippen LogP contribution in [0.4, 0.5) is 5.69 Å². The zero-order chi connectivity index (χ0) is 19.8. The number of hydrogen-bond donors (Lipinski definition) is 2. The Labute approximate surface area is 175 Å². The minimum Gasteiger partial charge on any atom is -0.368 e. The number of anilines is 1. The third-order valence-electron chi connectivity index (χ3n) is 4.55. The van der Waals surface area contributed by atoms with Crippen LogP contribution in [0.1, 0.15) is 11.8 Å². The molecule has 1 aromatic heterocycles. The summed E-state index contributed by atoms with van der Waals surface area (Å²) in [6, 6.07) is 11.9. The molecule has 3 rings (SSSR count). The Kier molecular flexibility index (Phi) is 7.56. The first-order chi connectivity index (χ1) is 13.7. The molecule has 0 radical (unpaired) electrons. The van der Waals surface area contributed by atoms with Crippen LogP contribution < -0.4 is 15.5 Å². The van der Waals surface area contributed by atoms with Crippen molar-refractivity contribution in [2.45, 2.75) is 13.5 Å². The Bertz CT molecular complexity index is 770. The van der Waals surface area contributed by atoms with Crippen LogP contribution in [0.15, 0.2) is 46.8 Å². The SMILES string of the molecule is CCNC(=NCC(=O)N1CCN(c2ccc(Cl)cc2)CC1)NCc1cccs1. The molecular formula is C20H26ClN5OS. The summed E-state index contributed by atoms with van der Waals surface area (Å²) in [6.45, 7) is 6.66. The normalized spacial score (nSPS) is 14.9. The molecule has 1 aromatic carbocycles. The number of piperazine rings is 1. The molecule has 0 saturated carbocycles. The minimum absolute atomic E-state index is 0.0593. The summed E-state index contributed by atoms with van der Waals surface area (Å²) in [5, 5.41) is 9.25. The Morgan fingerprint density at radius 1 is 1.14 bits per heavy atom. The predicted molar refractivity (Wildman–Crippen MR) is 117 cm³/mol. The Morgan fingerprint density at radius 2 is 1.89 bits per heavy atom. The lowest BCUT2D eigenvalue weighted by molar-refractivity contribution is -0.129. The number of nitrogens with zero attached hydrogens (tertiary/aromatic N) is 3. The highest BCUT2D eigenvalue weighted by Crippen LogP contribution is 2.19.